The van der Waals surface area contributed by atoms with E-state index in [4.69, 9.17) is 4.74 Å². The second kappa shape index (κ2) is 6.17. The second-order valence-corrected chi connectivity index (χ2v) is 3.88. The zero-order chi connectivity index (χ0) is 9.52. The van der Waals surface area contributed by atoms with Crippen molar-refractivity contribution in [2.45, 2.75) is 38.7 Å². The van der Waals surface area contributed by atoms with Crippen LogP contribution in [0.1, 0.15) is 32.6 Å². The minimum atomic E-state index is 0.481. The lowest BCUT2D eigenvalue weighted by atomic mass is 10.1. The Bertz CT molecular complexity index is 148. The molecule has 0 saturated carbocycles. The third-order valence-electron chi connectivity index (χ3n) is 2.41. The van der Waals surface area contributed by atoms with Gasteiger partial charge in [-0.25, -0.2) is 0 Å². The fraction of sp³-hybridized carbons (Fsp3) is 0.818. The van der Waals surface area contributed by atoms with Gasteiger partial charge in [0.25, 0.3) is 0 Å². The van der Waals surface area contributed by atoms with E-state index in [2.05, 4.69) is 18.8 Å². The monoisotopic (exact) mass is 183 g/mol. The van der Waals surface area contributed by atoms with E-state index in [1.807, 2.05) is 0 Å². The molecule has 0 aliphatic carbocycles. The first-order chi connectivity index (χ1) is 6.29. The summed E-state index contributed by atoms with van der Waals surface area (Å²) >= 11 is 0. The lowest BCUT2D eigenvalue weighted by molar-refractivity contribution is 0.0475. The third-order valence-corrected chi connectivity index (χ3v) is 2.41. The lowest BCUT2D eigenvalue weighted by Crippen LogP contribution is -2.17. The van der Waals surface area contributed by atoms with Gasteiger partial charge in [-0.05, 0) is 45.7 Å². The summed E-state index contributed by atoms with van der Waals surface area (Å²) in [6, 6.07) is 0. The normalized spacial score (nSPS) is 23.9. The zero-order valence-corrected chi connectivity index (χ0v) is 8.64. The van der Waals surface area contributed by atoms with Crippen molar-refractivity contribution < 1.29 is 4.74 Å². The summed E-state index contributed by atoms with van der Waals surface area (Å²) in [5, 5.41) is 3.38. The van der Waals surface area contributed by atoms with E-state index in [0.29, 0.717) is 6.10 Å². The Kier molecular flexibility index (Phi) is 5.09. The van der Waals surface area contributed by atoms with Gasteiger partial charge in [-0.3, -0.25) is 0 Å². The predicted octanol–water partition coefficient (Wildman–Crippen LogP) is 2.11. The Morgan fingerprint density at radius 1 is 1.46 bits per heavy atom. The van der Waals surface area contributed by atoms with Gasteiger partial charge in [-0.1, -0.05) is 5.57 Å². The Labute approximate surface area is 81.4 Å². The summed E-state index contributed by atoms with van der Waals surface area (Å²) in [4.78, 5) is 0. The first-order valence-corrected chi connectivity index (χ1v) is 5.26. The average Bonchev–Trinajstić information content (AvgIpc) is 2.32. The van der Waals surface area contributed by atoms with Gasteiger partial charge in [0.15, 0.2) is 0 Å². The summed E-state index contributed by atoms with van der Waals surface area (Å²) in [6.07, 6.45) is 5.11. The molecule has 2 heteroatoms. The average molecular weight is 183 g/mol. The van der Waals surface area contributed by atoms with Crippen LogP contribution in [0.2, 0.25) is 0 Å². The van der Waals surface area contributed by atoms with Crippen LogP contribution < -0.4 is 5.32 Å². The Balaban J connectivity index is 2.08. The highest BCUT2D eigenvalue weighted by Crippen LogP contribution is 2.10. The van der Waals surface area contributed by atoms with E-state index in [9.17, 15) is 0 Å². The van der Waals surface area contributed by atoms with Crippen molar-refractivity contribution >= 4 is 0 Å². The smallest absolute Gasteiger partial charge is 0.0587 e. The van der Waals surface area contributed by atoms with Gasteiger partial charge in [0.2, 0.25) is 0 Å². The topological polar surface area (TPSA) is 21.3 Å². The van der Waals surface area contributed by atoms with Crippen molar-refractivity contribution in [3.63, 3.8) is 0 Å². The van der Waals surface area contributed by atoms with Crippen molar-refractivity contribution in [2.75, 3.05) is 19.7 Å². The molecule has 1 rings (SSSR count). The molecule has 0 bridgehead atoms. The maximum Gasteiger partial charge on any atom is 0.0587 e. The van der Waals surface area contributed by atoms with Crippen LogP contribution in [0.3, 0.4) is 0 Å². The van der Waals surface area contributed by atoms with Crippen molar-refractivity contribution in [3.8, 4) is 0 Å². The maximum absolute atomic E-state index is 5.77. The van der Waals surface area contributed by atoms with Crippen LogP contribution in [0.4, 0.5) is 0 Å². The highest BCUT2D eigenvalue weighted by Gasteiger charge is 2.11. The largest absolute Gasteiger partial charge is 0.378 e. The molecule has 1 aliphatic rings. The summed E-state index contributed by atoms with van der Waals surface area (Å²) in [7, 11) is 0. The van der Waals surface area contributed by atoms with Gasteiger partial charge >= 0.3 is 0 Å². The van der Waals surface area contributed by atoms with Crippen LogP contribution >= 0.6 is 0 Å². The number of ether oxygens (including phenoxy) is 1. The van der Waals surface area contributed by atoms with Crippen molar-refractivity contribution in [1.29, 1.82) is 0 Å². The molecular weight excluding hydrogens is 162 g/mol. The van der Waals surface area contributed by atoms with Crippen molar-refractivity contribution in [3.05, 3.63) is 12.2 Å². The van der Waals surface area contributed by atoms with Crippen LogP contribution in [0.5, 0.6) is 0 Å². The molecule has 1 N–H and O–H groups in total. The maximum atomic E-state index is 5.77. The highest BCUT2D eigenvalue weighted by molar-refractivity contribution is 4.87. The molecule has 1 aliphatic heterocycles. The molecule has 0 aromatic rings. The molecule has 0 aromatic carbocycles. The van der Waals surface area contributed by atoms with E-state index in [0.717, 1.165) is 32.5 Å². The third kappa shape index (κ3) is 5.06. The molecule has 0 radical (unpaired) electrons. The Morgan fingerprint density at radius 2 is 2.31 bits per heavy atom. The number of rotatable bonds is 4. The van der Waals surface area contributed by atoms with E-state index >= 15 is 0 Å². The molecule has 1 saturated heterocycles. The quantitative estimate of drug-likeness (QED) is 0.674. The van der Waals surface area contributed by atoms with Crippen LogP contribution in [0, 0.1) is 0 Å². The molecule has 0 spiro atoms. The summed E-state index contributed by atoms with van der Waals surface area (Å²) in [5.74, 6) is 0. The molecule has 1 unspecified atom stereocenters. The molecule has 0 amide bonds. The standard InChI is InChI=1S/C11H21NO/c1-10(2)6-9-13-11-4-3-7-12-8-5-11/h11-12H,1,3-9H2,2H3. The van der Waals surface area contributed by atoms with Crippen molar-refractivity contribution in [2.24, 2.45) is 0 Å². The van der Waals surface area contributed by atoms with Gasteiger partial charge in [-0.2, -0.15) is 0 Å². The molecule has 1 atom stereocenters. The SMILES string of the molecule is C=C(C)CCOC1CCCNCC1. The fourth-order valence-corrected chi connectivity index (χ4v) is 1.55. The number of nitrogens with one attached hydrogen (secondary N) is 1. The highest BCUT2D eigenvalue weighted by atomic mass is 16.5. The van der Waals surface area contributed by atoms with E-state index in [1.165, 1.54) is 18.4 Å². The Morgan fingerprint density at radius 3 is 3.08 bits per heavy atom. The predicted molar refractivity (Wildman–Crippen MR) is 55.9 cm³/mol. The van der Waals surface area contributed by atoms with E-state index in [1.54, 1.807) is 0 Å². The molecule has 2 nitrogen and oxygen atoms in total. The molecule has 0 aromatic heterocycles. The minimum absolute atomic E-state index is 0.481. The van der Waals surface area contributed by atoms with Crippen LogP contribution in [0.15, 0.2) is 12.2 Å². The fourth-order valence-electron chi connectivity index (χ4n) is 1.55. The zero-order valence-electron chi connectivity index (χ0n) is 8.64. The molecule has 76 valence electrons. The molecule has 1 fully saturated rings. The van der Waals surface area contributed by atoms with Crippen LogP contribution in [-0.2, 0) is 4.74 Å². The van der Waals surface area contributed by atoms with Gasteiger partial charge in [0.05, 0.1) is 12.7 Å². The first-order valence-electron chi connectivity index (χ1n) is 5.26. The Hall–Kier alpha value is -0.340. The summed E-state index contributed by atoms with van der Waals surface area (Å²) < 4.78 is 5.77. The van der Waals surface area contributed by atoms with Gasteiger partial charge in [-0.15, -0.1) is 6.58 Å². The van der Waals surface area contributed by atoms with E-state index < -0.39 is 0 Å². The summed E-state index contributed by atoms with van der Waals surface area (Å²) in [6.45, 7) is 9.03. The minimum Gasteiger partial charge on any atom is -0.378 e. The summed E-state index contributed by atoms with van der Waals surface area (Å²) in [5.41, 5.74) is 1.21. The second-order valence-electron chi connectivity index (χ2n) is 3.88. The van der Waals surface area contributed by atoms with Gasteiger partial charge in [0.1, 0.15) is 0 Å². The van der Waals surface area contributed by atoms with Crippen molar-refractivity contribution in [1.82, 2.24) is 5.32 Å². The van der Waals surface area contributed by atoms with Crippen LogP contribution in [0.25, 0.3) is 0 Å². The first kappa shape index (κ1) is 10.7. The number of hydrogen-bond donors (Lipinski definition) is 1. The van der Waals surface area contributed by atoms with Gasteiger partial charge < -0.3 is 10.1 Å². The lowest BCUT2D eigenvalue weighted by Gasteiger charge is -2.14. The number of hydrogen-bond acceptors (Lipinski definition) is 2. The molecule has 13 heavy (non-hydrogen) atoms. The molecular formula is C11H21NO. The van der Waals surface area contributed by atoms with E-state index in [-0.39, 0.29) is 0 Å². The van der Waals surface area contributed by atoms with Crippen LogP contribution in [-0.4, -0.2) is 25.8 Å². The van der Waals surface area contributed by atoms with Gasteiger partial charge in [0, 0.05) is 0 Å². The molecule has 1 heterocycles.